The summed E-state index contributed by atoms with van der Waals surface area (Å²) in [6.07, 6.45) is 0. The summed E-state index contributed by atoms with van der Waals surface area (Å²) in [5.74, 6) is 0.731. The van der Waals surface area contributed by atoms with Crippen molar-refractivity contribution in [3.05, 3.63) is 65.2 Å². The highest BCUT2D eigenvalue weighted by Gasteiger charge is 2.54. The van der Waals surface area contributed by atoms with E-state index in [2.05, 4.69) is 4.99 Å². The number of urea groups is 1. The molecule has 0 aliphatic carbocycles. The molecule has 29 heavy (non-hydrogen) atoms. The lowest BCUT2D eigenvalue weighted by atomic mass is 10.1. The number of carbonyl (C=O) groups is 2. The van der Waals surface area contributed by atoms with Crippen molar-refractivity contribution in [1.29, 1.82) is 0 Å². The van der Waals surface area contributed by atoms with Crippen molar-refractivity contribution in [2.75, 3.05) is 14.1 Å². The maximum Gasteiger partial charge on any atom is 0.502 e. The molecular weight excluding hydrogens is 368 g/mol. The van der Waals surface area contributed by atoms with Crippen LogP contribution in [0.2, 0.25) is 0 Å². The first kappa shape index (κ1) is 18.9. The third-order valence-electron chi connectivity index (χ3n) is 5.39. The molecule has 1 fully saturated rings. The van der Waals surface area contributed by atoms with Gasteiger partial charge in [-0.15, -0.1) is 0 Å². The van der Waals surface area contributed by atoms with Gasteiger partial charge in [0.1, 0.15) is 12.3 Å². The number of benzene rings is 2. The third-order valence-corrected chi connectivity index (χ3v) is 5.39. The number of imide groups is 1. The molecule has 1 atom stereocenters. The summed E-state index contributed by atoms with van der Waals surface area (Å²) in [7, 11) is 3.11. The molecule has 0 N–H and O–H groups in total. The molecule has 148 valence electrons. The SMILES string of the molecule is Cc1ccccc1C[N+]1=C(Oc2ccccc2C)N=C2C1C(=O)N(C)C(=O)N2C. The Morgan fingerprint density at radius 2 is 1.62 bits per heavy atom. The van der Waals surface area contributed by atoms with Crippen LogP contribution in [-0.4, -0.2) is 58.3 Å². The Morgan fingerprint density at radius 3 is 2.31 bits per heavy atom. The van der Waals surface area contributed by atoms with Crippen molar-refractivity contribution in [2.24, 2.45) is 4.99 Å². The van der Waals surface area contributed by atoms with Crippen LogP contribution < -0.4 is 4.74 Å². The molecule has 2 aromatic rings. The highest BCUT2D eigenvalue weighted by atomic mass is 16.5. The number of hydrogen-bond acceptors (Lipinski definition) is 4. The Labute approximate surface area is 169 Å². The topological polar surface area (TPSA) is 65.2 Å². The number of nitrogens with zero attached hydrogens (tertiary/aromatic N) is 4. The van der Waals surface area contributed by atoms with Crippen LogP contribution in [0.5, 0.6) is 5.75 Å². The molecule has 0 saturated carbocycles. The van der Waals surface area contributed by atoms with Gasteiger partial charge < -0.3 is 4.74 Å². The summed E-state index contributed by atoms with van der Waals surface area (Å²) in [6, 6.07) is 14.8. The van der Waals surface area contributed by atoms with Gasteiger partial charge in [0.25, 0.3) is 17.8 Å². The number of aliphatic imine (C=N–C) groups is 1. The normalized spacial score (nSPS) is 18.9. The molecular formula is C22H23N4O3+. The first-order chi connectivity index (χ1) is 13.9. The number of carbonyl (C=O) groups excluding carboxylic acids is 2. The zero-order valence-electron chi connectivity index (χ0n) is 16.9. The van der Waals surface area contributed by atoms with Gasteiger partial charge in [-0.05, 0) is 36.6 Å². The van der Waals surface area contributed by atoms with E-state index in [0.717, 1.165) is 21.6 Å². The zero-order chi connectivity index (χ0) is 20.7. The Balaban J connectivity index is 1.81. The van der Waals surface area contributed by atoms with Crippen LogP contribution in [0.3, 0.4) is 0 Å². The number of fused-ring (bicyclic) bond motifs is 1. The first-order valence-corrected chi connectivity index (χ1v) is 9.44. The standard InChI is InChI=1S/C22H23N4O3/c1-14-9-5-7-11-16(14)13-26-18-19(24(3)22(28)25(4)20(18)27)23-21(26)29-17-12-8-6-10-15(17)2/h5-12,18H,13H2,1-4H3/q+1. The average molecular weight is 391 g/mol. The number of amides is 3. The van der Waals surface area contributed by atoms with Gasteiger partial charge >= 0.3 is 12.1 Å². The summed E-state index contributed by atoms with van der Waals surface area (Å²) in [5.41, 5.74) is 3.13. The van der Waals surface area contributed by atoms with Gasteiger partial charge in [0.05, 0.1) is 0 Å². The van der Waals surface area contributed by atoms with E-state index in [1.165, 1.54) is 11.9 Å². The Morgan fingerprint density at radius 1 is 0.966 bits per heavy atom. The smallest absolute Gasteiger partial charge is 0.389 e. The van der Waals surface area contributed by atoms with E-state index in [-0.39, 0.29) is 5.91 Å². The van der Waals surface area contributed by atoms with Crippen LogP contribution in [0.15, 0.2) is 53.5 Å². The van der Waals surface area contributed by atoms with Crippen molar-refractivity contribution in [3.8, 4) is 5.75 Å². The van der Waals surface area contributed by atoms with Crippen molar-refractivity contribution in [1.82, 2.24) is 9.80 Å². The van der Waals surface area contributed by atoms with E-state index < -0.39 is 12.1 Å². The summed E-state index contributed by atoms with van der Waals surface area (Å²) in [5, 5.41) is 0. The Kier molecular flexibility index (Phi) is 4.66. The number of ether oxygens (including phenoxy) is 1. The molecule has 2 aliphatic heterocycles. The largest absolute Gasteiger partial charge is 0.502 e. The summed E-state index contributed by atoms with van der Waals surface area (Å²) >= 11 is 0. The predicted molar refractivity (Wildman–Crippen MR) is 109 cm³/mol. The van der Waals surface area contributed by atoms with E-state index in [9.17, 15) is 9.59 Å². The molecule has 2 aliphatic rings. The number of amidine groups is 2. The second kappa shape index (κ2) is 7.16. The molecule has 0 aromatic heterocycles. The molecule has 0 radical (unpaired) electrons. The zero-order valence-corrected chi connectivity index (χ0v) is 16.9. The number of hydrogen-bond donors (Lipinski definition) is 0. The summed E-state index contributed by atoms with van der Waals surface area (Å²) < 4.78 is 7.96. The second-order valence-corrected chi connectivity index (χ2v) is 7.32. The number of aryl methyl sites for hydroxylation is 2. The van der Waals surface area contributed by atoms with Gasteiger partial charge in [0.15, 0.2) is 0 Å². The molecule has 1 saturated heterocycles. The van der Waals surface area contributed by atoms with E-state index in [0.29, 0.717) is 24.2 Å². The average Bonchev–Trinajstić information content (AvgIpc) is 3.06. The minimum Gasteiger partial charge on any atom is -0.389 e. The van der Waals surface area contributed by atoms with Gasteiger partial charge in [-0.2, -0.15) is 4.58 Å². The van der Waals surface area contributed by atoms with Crippen LogP contribution in [0.25, 0.3) is 0 Å². The van der Waals surface area contributed by atoms with E-state index in [1.54, 1.807) is 7.05 Å². The fraction of sp³-hybridized carbons (Fsp3) is 0.273. The monoisotopic (exact) mass is 391 g/mol. The lowest BCUT2D eigenvalue weighted by molar-refractivity contribution is -0.557. The lowest BCUT2D eigenvalue weighted by Crippen LogP contribution is -2.61. The van der Waals surface area contributed by atoms with E-state index in [1.807, 2.05) is 67.0 Å². The fourth-order valence-electron chi connectivity index (χ4n) is 3.56. The lowest BCUT2D eigenvalue weighted by Gasteiger charge is -2.30. The maximum atomic E-state index is 13.0. The fourth-order valence-corrected chi connectivity index (χ4v) is 3.56. The van der Waals surface area contributed by atoms with Crippen LogP contribution in [0, 0.1) is 13.8 Å². The summed E-state index contributed by atoms with van der Waals surface area (Å²) in [4.78, 5) is 32.5. The maximum absolute atomic E-state index is 13.0. The first-order valence-electron chi connectivity index (χ1n) is 9.44. The van der Waals surface area contributed by atoms with Crippen LogP contribution >= 0.6 is 0 Å². The molecule has 3 amide bonds. The quantitative estimate of drug-likeness (QED) is 0.756. The molecule has 0 bridgehead atoms. The summed E-state index contributed by atoms with van der Waals surface area (Å²) in [6.45, 7) is 4.41. The van der Waals surface area contributed by atoms with Crippen LogP contribution in [0.4, 0.5) is 4.79 Å². The molecule has 0 spiro atoms. The minimum absolute atomic E-state index is 0.311. The van der Waals surface area contributed by atoms with Crippen molar-refractivity contribution < 1.29 is 18.9 Å². The van der Waals surface area contributed by atoms with E-state index >= 15 is 0 Å². The molecule has 2 heterocycles. The Hall–Kier alpha value is -3.48. The van der Waals surface area contributed by atoms with Crippen molar-refractivity contribution in [2.45, 2.75) is 26.4 Å². The van der Waals surface area contributed by atoms with Crippen molar-refractivity contribution in [3.63, 3.8) is 0 Å². The highest BCUT2D eigenvalue weighted by molar-refractivity contribution is 6.22. The van der Waals surface area contributed by atoms with Gasteiger partial charge in [-0.3, -0.25) is 14.6 Å². The molecule has 4 rings (SSSR count). The minimum atomic E-state index is -0.707. The van der Waals surface area contributed by atoms with Crippen LogP contribution in [-0.2, 0) is 11.3 Å². The van der Waals surface area contributed by atoms with Crippen molar-refractivity contribution >= 4 is 23.8 Å². The highest BCUT2D eigenvalue weighted by Crippen LogP contribution is 2.24. The van der Waals surface area contributed by atoms with Gasteiger partial charge in [-0.25, -0.2) is 4.79 Å². The Bertz CT molecular complexity index is 1070. The third kappa shape index (κ3) is 3.18. The molecule has 7 nitrogen and oxygen atoms in total. The predicted octanol–water partition coefficient (Wildman–Crippen LogP) is 2.56. The molecule has 7 heteroatoms. The van der Waals surface area contributed by atoms with Gasteiger partial charge in [-0.1, -0.05) is 42.5 Å². The second-order valence-electron chi connectivity index (χ2n) is 7.32. The number of para-hydroxylation sites is 1. The van der Waals surface area contributed by atoms with E-state index in [4.69, 9.17) is 4.74 Å². The number of likely N-dealkylation sites (N-methyl/N-ethyl adjacent to an activating group) is 2. The van der Waals surface area contributed by atoms with Gasteiger partial charge in [0.2, 0.25) is 0 Å². The molecule has 2 aromatic carbocycles. The van der Waals surface area contributed by atoms with Crippen LogP contribution in [0.1, 0.15) is 16.7 Å². The van der Waals surface area contributed by atoms with Gasteiger partial charge in [0, 0.05) is 19.1 Å². The molecule has 1 unspecified atom stereocenters. The number of rotatable bonds is 3.